The Morgan fingerprint density at radius 3 is 2.10 bits per heavy atom. The third-order valence-electron chi connectivity index (χ3n) is 3.72. The van der Waals surface area contributed by atoms with E-state index in [0.29, 0.717) is 12.8 Å². The second-order valence-electron chi connectivity index (χ2n) is 8.52. The van der Waals surface area contributed by atoms with Crippen LogP contribution in [0, 0.1) is 0 Å². The third-order valence-corrected chi connectivity index (χ3v) is 7.13. The van der Waals surface area contributed by atoms with Crippen LogP contribution >= 0.6 is 0 Å². The summed E-state index contributed by atoms with van der Waals surface area (Å²) in [7, 11) is -1.95. The average molecular weight is 330 g/mol. The quantitative estimate of drug-likeness (QED) is 0.442. The molecule has 1 heterocycles. The van der Waals surface area contributed by atoms with Gasteiger partial charge in [0, 0.05) is 29.4 Å². The van der Waals surface area contributed by atoms with Crippen molar-refractivity contribution in [1.29, 1.82) is 0 Å². The fraction of sp³-hybridized carbons (Fsp3) is 0.875. The normalized spacial score (nSPS) is 19.5. The van der Waals surface area contributed by atoms with Crippen LogP contribution in [-0.2, 0) is 9.47 Å². The van der Waals surface area contributed by atoms with Crippen LogP contribution in [0.4, 0.5) is 0 Å². The van der Waals surface area contributed by atoms with E-state index in [-0.39, 0.29) is 0 Å². The SMILES string of the molecule is C[Si](C)(C)CCOCC1CC=CN1COCC[Si](C)(C)C. The van der Waals surface area contributed by atoms with Crippen molar-refractivity contribution in [2.24, 2.45) is 0 Å². The largest absolute Gasteiger partial charge is 0.380 e. The van der Waals surface area contributed by atoms with Crippen LogP contribution in [0.1, 0.15) is 6.42 Å². The maximum Gasteiger partial charge on any atom is 0.118 e. The molecule has 0 bridgehead atoms. The maximum atomic E-state index is 5.89. The molecule has 0 radical (unpaired) electrons. The van der Waals surface area contributed by atoms with E-state index in [1.165, 1.54) is 12.1 Å². The molecule has 5 heteroatoms. The first-order valence-corrected chi connectivity index (χ1v) is 15.7. The molecule has 1 unspecified atom stereocenters. The summed E-state index contributed by atoms with van der Waals surface area (Å²) in [6.45, 7) is 17.7. The summed E-state index contributed by atoms with van der Waals surface area (Å²) in [5, 5.41) is 0. The molecule has 0 aromatic rings. The van der Waals surface area contributed by atoms with Gasteiger partial charge in [-0.1, -0.05) is 45.4 Å². The molecule has 124 valence electrons. The predicted octanol–water partition coefficient (Wildman–Crippen LogP) is 4.24. The Morgan fingerprint density at radius 1 is 0.952 bits per heavy atom. The van der Waals surface area contributed by atoms with E-state index in [9.17, 15) is 0 Å². The van der Waals surface area contributed by atoms with E-state index < -0.39 is 16.1 Å². The molecule has 0 N–H and O–H groups in total. The summed E-state index contributed by atoms with van der Waals surface area (Å²) in [6, 6.07) is 2.96. The van der Waals surface area contributed by atoms with Gasteiger partial charge in [0.2, 0.25) is 0 Å². The molecule has 1 rings (SSSR count). The number of hydrogen-bond donors (Lipinski definition) is 0. The van der Waals surface area contributed by atoms with E-state index in [1.807, 2.05) is 0 Å². The minimum absolute atomic E-state index is 0.471. The highest BCUT2D eigenvalue weighted by Gasteiger charge is 2.20. The molecular formula is C16H35NO2Si2. The zero-order valence-electron chi connectivity index (χ0n) is 14.9. The first-order valence-electron chi connectivity index (χ1n) is 8.25. The highest BCUT2D eigenvalue weighted by Crippen LogP contribution is 2.16. The zero-order valence-corrected chi connectivity index (χ0v) is 16.9. The van der Waals surface area contributed by atoms with Crippen molar-refractivity contribution < 1.29 is 9.47 Å². The molecule has 3 nitrogen and oxygen atoms in total. The Morgan fingerprint density at radius 2 is 1.52 bits per heavy atom. The molecule has 0 saturated carbocycles. The van der Waals surface area contributed by atoms with E-state index in [2.05, 4.69) is 56.5 Å². The van der Waals surface area contributed by atoms with Gasteiger partial charge in [0.15, 0.2) is 0 Å². The molecule has 0 spiro atoms. The Balaban J connectivity index is 2.15. The maximum absolute atomic E-state index is 5.89. The smallest absolute Gasteiger partial charge is 0.118 e. The summed E-state index contributed by atoms with van der Waals surface area (Å²) in [6.07, 6.45) is 5.49. The zero-order chi connectivity index (χ0) is 15.9. The minimum atomic E-state index is -0.977. The lowest BCUT2D eigenvalue weighted by Crippen LogP contribution is -2.34. The molecule has 1 atom stereocenters. The van der Waals surface area contributed by atoms with Crippen LogP contribution in [0.25, 0.3) is 0 Å². The Kier molecular flexibility index (Phi) is 7.67. The second-order valence-corrected chi connectivity index (χ2v) is 19.8. The summed E-state index contributed by atoms with van der Waals surface area (Å²) >= 11 is 0. The molecule has 0 aromatic carbocycles. The molecule has 1 aliphatic heterocycles. The standard InChI is InChI=1S/C16H35NO2Si2/c1-20(2,3)12-10-18-14-16-8-7-9-17(16)15-19-11-13-21(4,5)6/h7,9,16H,8,10-15H2,1-6H3. The monoisotopic (exact) mass is 329 g/mol. The Hall–Kier alpha value is -0.106. The van der Waals surface area contributed by atoms with Gasteiger partial charge in [0.1, 0.15) is 6.73 Å². The van der Waals surface area contributed by atoms with Gasteiger partial charge < -0.3 is 14.4 Å². The number of hydrogen-bond acceptors (Lipinski definition) is 3. The van der Waals surface area contributed by atoms with Crippen molar-refractivity contribution in [2.45, 2.75) is 63.8 Å². The van der Waals surface area contributed by atoms with Crippen molar-refractivity contribution in [1.82, 2.24) is 4.90 Å². The van der Waals surface area contributed by atoms with Crippen molar-refractivity contribution in [3.8, 4) is 0 Å². The molecule has 0 saturated heterocycles. The summed E-state index contributed by atoms with van der Waals surface area (Å²) in [5.41, 5.74) is 0. The topological polar surface area (TPSA) is 21.7 Å². The van der Waals surface area contributed by atoms with Crippen molar-refractivity contribution in [2.75, 3.05) is 26.6 Å². The molecule has 21 heavy (non-hydrogen) atoms. The molecular weight excluding hydrogens is 294 g/mol. The van der Waals surface area contributed by atoms with E-state index in [1.54, 1.807) is 0 Å². The fourth-order valence-corrected chi connectivity index (χ4v) is 3.58. The predicted molar refractivity (Wildman–Crippen MR) is 97.3 cm³/mol. The number of ether oxygens (including phenoxy) is 2. The lowest BCUT2D eigenvalue weighted by Gasteiger charge is -2.26. The van der Waals surface area contributed by atoms with E-state index in [0.717, 1.165) is 26.2 Å². The van der Waals surface area contributed by atoms with E-state index >= 15 is 0 Å². The third kappa shape index (κ3) is 9.50. The lowest BCUT2D eigenvalue weighted by molar-refractivity contribution is 0.0167. The summed E-state index contributed by atoms with van der Waals surface area (Å²) in [5.74, 6) is 0. The number of nitrogens with zero attached hydrogens (tertiary/aromatic N) is 1. The molecule has 0 aromatic heterocycles. The second kappa shape index (κ2) is 8.51. The highest BCUT2D eigenvalue weighted by molar-refractivity contribution is 6.76. The first kappa shape index (κ1) is 18.9. The Labute approximate surface area is 133 Å². The van der Waals surface area contributed by atoms with Gasteiger partial charge in [0.05, 0.1) is 12.6 Å². The Bertz CT molecular complexity index is 321. The van der Waals surface area contributed by atoms with Gasteiger partial charge in [-0.15, -0.1) is 0 Å². The van der Waals surface area contributed by atoms with Crippen LogP contribution in [0.5, 0.6) is 0 Å². The van der Waals surface area contributed by atoms with Gasteiger partial charge in [0.25, 0.3) is 0 Å². The van der Waals surface area contributed by atoms with Gasteiger partial charge in [-0.2, -0.15) is 0 Å². The van der Waals surface area contributed by atoms with Crippen molar-refractivity contribution in [3.63, 3.8) is 0 Å². The van der Waals surface area contributed by atoms with Crippen LogP contribution in [0.15, 0.2) is 12.3 Å². The van der Waals surface area contributed by atoms with Crippen LogP contribution in [0.3, 0.4) is 0 Å². The van der Waals surface area contributed by atoms with Gasteiger partial charge in [-0.25, -0.2) is 0 Å². The van der Waals surface area contributed by atoms with Crippen LogP contribution in [0.2, 0.25) is 51.4 Å². The van der Waals surface area contributed by atoms with Gasteiger partial charge in [-0.05, 0) is 24.7 Å². The van der Waals surface area contributed by atoms with Gasteiger partial charge >= 0.3 is 0 Å². The summed E-state index contributed by atoms with van der Waals surface area (Å²) in [4.78, 5) is 2.29. The highest BCUT2D eigenvalue weighted by atomic mass is 28.3. The molecule has 0 amide bonds. The van der Waals surface area contributed by atoms with Crippen LogP contribution in [-0.4, -0.2) is 53.6 Å². The fourth-order valence-electron chi connectivity index (χ4n) is 2.07. The lowest BCUT2D eigenvalue weighted by atomic mass is 10.2. The molecule has 0 fully saturated rings. The van der Waals surface area contributed by atoms with Crippen molar-refractivity contribution in [3.05, 3.63) is 12.3 Å². The van der Waals surface area contributed by atoms with E-state index in [4.69, 9.17) is 9.47 Å². The minimum Gasteiger partial charge on any atom is -0.380 e. The average Bonchev–Trinajstić information content (AvgIpc) is 2.75. The van der Waals surface area contributed by atoms with Gasteiger partial charge in [-0.3, -0.25) is 0 Å². The van der Waals surface area contributed by atoms with Crippen molar-refractivity contribution >= 4 is 16.1 Å². The molecule has 1 aliphatic rings. The van der Waals surface area contributed by atoms with Crippen LogP contribution < -0.4 is 0 Å². The summed E-state index contributed by atoms with van der Waals surface area (Å²) < 4.78 is 11.7. The molecule has 0 aliphatic carbocycles. The number of rotatable bonds is 10. The first-order chi connectivity index (χ1) is 9.67.